The number of likely N-dealkylation sites (tertiary alicyclic amines) is 1. The summed E-state index contributed by atoms with van der Waals surface area (Å²) < 4.78 is 1.78. The van der Waals surface area contributed by atoms with Gasteiger partial charge in [-0.25, -0.2) is 14.5 Å². The molecule has 0 bridgehead atoms. The zero-order valence-corrected chi connectivity index (χ0v) is 27.5. The van der Waals surface area contributed by atoms with E-state index in [0.29, 0.717) is 30.5 Å². The van der Waals surface area contributed by atoms with Gasteiger partial charge in [-0.2, -0.15) is 5.10 Å². The number of urea groups is 1. The number of hydrogen-bond donors (Lipinski definition) is 2. The van der Waals surface area contributed by atoms with Crippen molar-refractivity contribution in [2.45, 2.75) is 52.4 Å². The summed E-state index contributed by atoms with van der Waals surface area (Å²) in [6, 6.07) is 21.5. The van der Waals surface area contributed by atoms with Crippen LogP contribution in [0.1, 0.15) is 60.9 Å². The van der Waals surface area contributed by atoms with Crippen molar-refractivity contribution in [1.29, 1.82) is 0 Å². The normalized spacial score (nSPS) is 13.9. The number of thiazole rings is 1. The van der Waals surface area contributed by atoms with Gasteiger partial charge in [-0.05, 0) is 74.1 Å². The Balaban J connectivity index is 1.05. The highest BCUT2D eigenvalue weighted by Crippen LogP contribution is 2.28. The molecule has 0 saturated carbocycles. The summed E-state index contributed by atoms with van der Waals surface area (Å²) in [7, 11) is 0. The van der Waals surface area contributed by atoms with E-state index in [-0.39, 0.29) is 17.4 Å². The smallest absolute Gasteiger partial charge is 0.324 e. The SMILES string of the molecule is Cc1ccc(-n2nc(C(C)(C)C)cc2NC(=O)Nc2cccc(CC3CCN(C(=O)c4csc(-c5cccnc5)n4)CC3)c2)cc1. The molecular weight excluding hydrogens is 595 g/mol. The number of amides is 3. The van der Waals surface area contributed by atoms with Gasteiger partial charge in [0.2, 0.25) is 0 Å². The molecule has 0 atom stereocenters. The van der Waals surface area contributed by atoms with Crippen LogP contribution in [0.3, 0.4) is 0 Å². The molecule has 10 heteroatoms. The van der Waals surface area contributed by atoms with Gasteiger partial charge in [0.1, 0.15) is 16.5 Å². The van der Waals surface area contributed by atoms with Crippen LogP contribution in [0.15, 0.2) is 84.5 Å². The summed E-state index contributed by atoms with van der Waals surface area (Å²) in [6.45, 7) is 9.76. The van der Waals surface area contributed by atoms with Gasteiger partial charge in [-0.1, -0.05) is 50.6 Å². The van der Waals surface area contributed by atoms with Crippen molar-refractivity contribution in [3.63, 3.8) is 0 Å². The first-order valence-electron chi connectivity index (χ1n) is 15.6. The number of aromatic nitrogens is 4. The maximum absolute atomic E-state index is 13.2. The van der Waals surface area contributed by atoms with Crippen molar-refractivity contribution in [3.05, 3.63) is 107 Å². The largest absolute Gasteiger partial charge is 0.337 e. The molecule has 3 amide bonds. The molecule has 0 radical (unpaired) electrons. The molecule has 1 aliphatic rings. The molecule has 3 aromatic heterocycles. The van der Waals surface area contributed by atoms with Gasteiger partial charge in [-0.15, -0.1) is 11.3 Å². The third kappa shape index (κ3) is 7.34. The second-order valence-corrected chi connectivity index (χ2v) is 13.8. The number of carbonyl (C=O) groups is 2. The van der Waals surface area contributed by atoms with Crippen LogP contribution in [0.5, 0.6) is 0 Å². The molecule has 0 spiro atoms. The highest BCUT2D eigenvalue weighted by molar-refractivity contribution is 7.13. The van der Waals surface area contributed by atoms with Crippen LogP contribution in [0.2, 0.25) is 0 Å². The van der Waals surface area contributed by atoms with Gasteiger partial charge < -0.3 is 10.2 Å². The Morgan fingerprint density at radius 3 is 2.48 bits per heavy atom. The molecule has 9 nitrogen and oxygen atoms in total. The zero-order valence-electron chi connectivity index (χ0n) is 26.7. The van der Waals surface area contributed by atoms with Crippen LogP contribution in [-0.2, 0) is 11.8 Å². The molecule has 1 aliphatic heterocycles. The van der Waals surface area contributed by atoms with Gasteiger partial charge >= 0.3 is 6.03 Å². The maximum Gasteiger partial charge on any atom is 0.324 e. The highest BCUT2D eigenvalue weighted by atomic mass is 32.1. The molecule has 5 aromatic rings. The standard InChI is InChI=1S/C36H39N7O2S/c1-24-10-12-29(13-11-24)43-32(21-31(41-43)36(2,3)4)40-35(45)38-28-9-5-7-26(20-28)19-25-14-17-42(18-15-25)34(44)30-23-46-33(39-30)27-8-6-16-37-22-27/h5-13,16,20-23,25H,14-15,17-19H2,1-4H3,(H2,38,40,45). The fourth-order valence-electron chi connectivity index (χ4n) is 5.60. The third-order valence-corrected chi connectivity index (χ3v) is 9.13. The monoisotopic (exact) mass is 633 g/mol. The van der Waals surface area contributed by atoms with E-state index in [1.165, 1.54) is 11.3 Å². The Morgan fingerprint density at radius 2 is 1.76 bits per heavy atom. The lowest BCUT2D eigenvalue weighted by molar-refractivity contribution is 0.0685. The van der Waals surface area contributed by atoms with Gasteiger partial charge in [0.05, 0.1) is 11.4 Å². The molecule has 0 aliphatic carbocycles. The highest BCUT2D eigenvalue weighted by Gasteiger charge is 2.26. The molecule has 1 saturated heterocycles. The number of anilines is 2. The third-order valence-electron chi connectivity index (χ3n) is 8.24. The van der Waals surface area contributed by atoms with Crippen molar-refractivity contribution < 1.29 is 9.59 Å². The van der Waals surface area contributed by atoms with Crippen LogP contribution >= 0.6 is 11.3 Å². The Bertz CT molecular complexity index is 1820. The molecule has 2 aromatic carbocycles. The quantitative estimate of drug-likeness (QED) is 0.191. The number of nitrogens with zero attached hydrogens (tertiary/aromatic N) is 5. The summed E-state index contributed by atoms with van der Waals surface area (Å²) >= 11 is 1.47. The van der Waals surface area contributed by atoms with Crippen LogP contribution in [0.4, 0.5) is 16.3 Å². The lowest BCUT2D eigenvalue weighted by Gasteiger charge is -2.31. The Labute approximate surface area is 273 Å². The first-order chi connectivity index (χ1) is 22.1. The molecule has 1 fully saturated rings. The number of aryl methyl sites for hydroxylation is 1. The lowest BCUT2D eigenvalue weighted by atomic mass is 9.90. The predicted molar refractivity (Wildman–Crippen MR) is 184 cm³/mol. The van der Waals surface area contributed by atoms with Crippen LogP contribution < -0.4 is 10.6 Å². The number of rotatable bonds is 7. The summed E-state index contributed by atoms with van der Waals surface area (Å²) in [6.07, 6.45) is 6.21. The molecule has 0 unspecified atom stereocenters. The summed E-state index contributed by atoms with van der Waals surface area (Å²) in [5.41, 5.74) is 6.05. The number of carbonyl (C=O) groups excluding carboxylic acids is 2. The topological polar surface area (TPSA) is 105 Å². The van der Waals surface area contributed by atoms with Gasteiger partial charge in [0, 0.05) is 53.6 Å². The molecule has 6 rings (SSSR count). The van der Waals surface area contributed by atoms with Gasteiger partial charge in [-0.3, -0.25) is 15.1 Å². The van der Waals surface area contributed by atoms with Crippen LogP contribution in [0.25, 0.3) is 16.3 Å². The first kappa shape index (κ1) is 31.2. The van der Waals surface area contributed by atoms with Crippen molar-refractivity contribution in [2.75, 3.05) is 23.7 Å². The number of piperidine rings is 1. The van der Waals surface area contributed by atoms with E-state index < -0.39 is 0 Å². The lowest BCUT2D eigenvalue weighted by Crippen LogP contribution is -2.39. The van der Waals surface area contributed by atoms with E-state index in [2.05, 4.69) is 47.4 Å². The molecule has 46 heavy (non-hydrogen) atoms. The van der Waals surface area contributed by atoms with Gasteiger partial charge in [0.25, 0.3) is 5.91 Å². The van der Waals surface area contributed by atoms with Crippen molar-refractivity contribution in [3.8, 4) is 16.3 Å². The van der Waals surface area contributed by atoms with Crippen molar-refractivity contribution >= 4 is 34.8 Å². The zero-order chi connectivity index (χ0) is 32.3. The van der Waals surface area contributed by atoms with Crippen molar-refractivity contribution in [1.82, 2.24) is 24.6 Å². The second kappa shape index (κ2) is 13.3. The number of benzene rings is 2. The van der Waals surface area contributed by atoms with Crippen molar-refractivity contribution in [2.24, 2.45) is 5.92 Å². The van der Waals surface area contributed by atoms with Crippen LogP contribution in [0, 0.1) is 12.8 Å². The van der Waals surface area contributed by atoms with E-state index in [1.54, 1.807) is 17.1 Å². The van der Waals surface area contributed by atoms with Crippen LogP contribution in [-0.4, -0.2) is 49.7 Å². The summed E-state index contributed by atoms with van der Waals surface area (Å²) in [5.74, 6) is 1.05. The molecule has 2 N–H and O–H groups in total. The fourth-order valence-corrected chi connectivity index (χ4v) is 6.39. The van der Waals surface area contributed by atoms with E-state index in [0.717, 1.165) is 58.0 Å². The summed E-state index contributed by atoms with van der Waals surface area (Å²) in [4.78, 5) is 37.0. The molecule has 4 heterocycles. The fraction of sp³-hybridized carbons (Fsp3) is 0.306. The number of pyridine rings is 1. The van der Waals surface area contributed by atoms with E-state index >= 15 is 0 Å². The number of hydrogen-bond acceptors (Lipinski definition) is 6. The Hall–Kier alpha value is -4.83. The average Bonchev–Trinajstić information content (AvgIpc) is 3.71. The predicted octanol–water partition coefficient (Wildman–Crippen LogP) is 7.74. The second-order valence-electron chi connectivity index (χ2n) is 12.9. The van der Waals surface area contributed by atoms with Gasteiger partial charge in [0.15, 0.2) is 0 Å². The number of nitrogens with one attached hydrogen (secondary N) is 2. The van der Waals surface area contributed by atoms with E-state index in [1.807, 2.05) is 77.9 Å². The Morgan fingerprint density at radius 1 is 0.978 bits per heavy atom. The first-order valence-corrected chi connectivity index (χ1v) is 16.5. The minimum absolute atomic E-state index is 0.0135. The molecule has 236 valence electrons. The Kier molecular flexibility index (Phi) is 8.99. The molecular formula is C36H39N7O2S. The average molecular weight is 634 g/mol. The minimum Gasteiger partial charge on any atom is -0.337 e. The maximum atomic E-state index is 13.2. The minimum atomic E-state index is -0.327. The van der Waals surface area contributed by atoms with E-state index in [9.17, 15) is 9.59 Å². The summed E-state index contributed by atoms with van der Waals surface area (Å²) in [5, 5.41) is 13.5. The van der Waals surface area contributed by atoms with E-state index in [4.69, 9.17) is 5.10 Å².